The lowest BCUT2D eigenvalue weighted by molar-refractivity contribution is -0.137. The molecule has 1 aromatic heterocycles. The van der Waals surface area contributed by atoms with Crippen molar-refractivity contribution < 1.29 is 22.1 Å². The largest absolute Gasteiger partial charge is 0.416 e. The Bertz CT molecular complexity index is 647. The molecule has 7 heteroatoms. The van der Waals surface area contributed by atoms with Gasteiger partial charge in [-0.05, 0) is 30.5 Å². The summed E-state index contributed by atoms with van der Waals surface area (Å²) >= 11 is 0. The average Bonchev–Trinajstić information content (AvgIpc) is 2.70. The highest BCUT2D eigenvalue weighted by atomic mass is 19.4. The molecule has 114 valence electrons. The Hall–Kier alpha value is -2.05. The van der Waals surface area contributed by atoms with Gasteiger partial charge >= 0.3 is 6.18 Å². The average molecular weight is 302 g/mol. The molecule has 0 radical (unpaired) electrons. The summed E-state index contributed by atoms with van der Waals surface area (Å²) in [4.78, 5) is 0. The molecule has 0 bridgehead atoms. The van der Waals surface area contributed by atoms with Crippen molar-refractivity contribution in [1.82, 2.24) is 5.16 Å². The van der Waals surface area contributed by atoms with Crippen molar-refractivity contribution in [3.8, 4) is 11.3 Å². The van der Waals surface area contributed by atoms with Crippen molar-refractivity contribution in [3.63, 3.8) is 0 Å². The van der Waals surface area contributed by atoms with Gasteiger partial charge in [-0.15, -0.1) is 0 Å². The minimum absolute atomic E-state index is 0.00416. The Morgan fingerprint density at radius 2 is 1.95 bits per heavy atom. The van der Waals surface area contributed by atoms with Crippen molar-refractivity contribution in [2.75, 3.05) is 5.73 Å². The summed E-state index contributed by atoms with van der Waals surface area (Å²) in [5.41, 5.74) is 4.85. The van der Waals surface area contributed by atoms with E-state index in [4.69, 9.17) is 10.3 Å². The maximum absolute atomic E-state index is 13.9. The molecule has 0 aliphatic rings. The standard InChI is InChI=1S/C14H14F4N2O/c1-7(2)5-10-12(20-21-13(10)19)9-6-8(14(16,17)18)3-4-11(9)15/h3-4,6-7H,5,19H2,1-2H3. The van der Waals surface area contributed by atoms with Crippen LogP contribution in [0.4, 0.5) is 23.4 Å². The van der Waals surface area contributed by atoms with Gasteiger partial charge in [0.15, 0.2) is 0 Å². The van der Waals surface area contributed by atoms with E-state index >= 15 is 0 Å². The minimum Gasteiger partial charge on any atom is -0.367 e. The topological polar surface area (TPSA) is 52.0 Å². The molecule has 1 heterocycles. The van der Waals surface area contributed by atoms with Crippen LogP contribution in [0.15, 0.2) is 22.7 Å². The molecule has 1 aromatic carbocycles. The SMILES string of the molecule is CC(C)Cc1c(-c2cc(C(F)(F)F)ccc2F)noc1N. The summed E-state index contributed by atoms with van der Waals surface area (Å²) in [5.74, 6) is -0.642. The number of nitrogens with zero attached hydrogens (tertiary/aromatic N) is 1. The minimum atomic E-state index is -4.56. The number of alkyl halides is 3. The van der Waals surface area contributed by atoms with E-state index in [-0.39, 0.29) is 23.1 Å². The van der Waals surface area contributed by atoms with Gasteiger partial charge in [0.25, 0.3) is 0 Å². The van der Waals surface area contributed by atoms with Crippen LogP contribution in [0.3, 0.4) is 0 Å². The maximum Gasteiger partial charge on any atom is 0.416 e. The second-order valence-corrected chi connectivity index (χ2v) is 5.16. The summed E-state index contributed by atoms with van der Waals surface area (Å²) < 4.78 is 56.9. The molecule has 2 rings (SSSR count). The lowest BCUT2D eigenvalue weighted by atomic mass is 9.98. The van der Waals surface area contributed by atoms with Gasteiger partial charge in [0, 0.05) is 11.1 Å². The highest BCUT2D eigenvalue weighted by Crippen LogP contribution is 2.36. The fourth-order valence-electron chi connectivity index (χ4n) is 2.02. The van der Waals surface area contributed by atoms with E-state index in [1.807, 2.05) is 13.8 Å². The first-order chi connectivity index (χ1) is 9.70. The third-order valence-electron chi connectivity index (χ3n) is 2.98. The number of rotatable bonds is 3. The Kier molecular flexibility index (Phi) is 3.93. The van der Waals surface area contributed by atoms with Crippen LogP contribution in [-0.4, -0.2) is 5.16 Å². The molecule has 0 atom stereocenters. The fourth-order valence-corrected chi connectivity index (χ4v) is 2.02. The van der Waals surface area contributed by atoms with E-state index in [9.17, 15) is 17.6 Å². The lowest BCUT2D eigenvalue weighted by Gasteiger charge is -2.10. The van der Waals surface area contributed by atoms with E-state index in [1.54, 1.807) is 0 Å². The Balaban J connectivity index is 2.57. The van der Waals surface area contributed by atoms with Gasteiger partial charge in [-0.1, -0.05) is 19.0 Å². The second-order valence-electron chi connectivity index (χ2n) is 5.16. The van der Waals surface area contributed by atoms with Crippen LogP contribution >= 0.6 is 0 Å². The van der Waals surface area contributed by atoms with Crippen LogP contribution in [0, 0.1) is 11.7 Å². The van der Waals surface area contributed by atoms with Crippen LogP contribution < -0.4 is 5.73 Å². The molecular weight excluding hydrogens is 288 g/mol. The number of anilines is 1. The van der Waals surface area contributed by atoms with Crippen molar-refractivity contribution in [1.29, 1.82) is 0 Å². The summed E-state index contributed by atoms with van der Waals surface area (Å²) in [6, 6.07) is 2.17. The van der Waals surface area contributed by atoms with Gasteiger partial charge in [0.1, 0.15) is 11.5 Å². The zero-order valence-corrected chi connectivity index (χ0v) is 11.5. The normalized spacial score (nSPS) is 12.1. The molecule has 0 saturated carbocycles. The van der Waals surface area contributed by atoms with E-state index in [0.717, 1.165) is 12.1 Å². The third-order valence-corrected chi connectivity index (χ3v) is 2.98. The first kappa shape index (κ1) is 15.3. The fraction of sp³-hybridized carbons (Fsp3) is 0.357. The molecule has 0 saturated heterocycles. The van der Waals surface area contributed by atoms with Crippen LogP contribution in [0.1, 0.15) is 25.0 Å². The lowest BCUT2D eigenvalue weighted by Crippen LogP contribution is -2.06. The van der Waals surface area contributed by atoms with E-state index in [2.05, 4.69) is 5.16 Å². The van der Waals surface area contributed by atoms with Gasteiger partial charge in [-0.3, -0.25) is 0 Å². The quantitative estimate of drug-likeness (QED) is 0.861. The molecule has 0 aliphatic heterocycles. The summed E-state index contributed by atoms with van der Waals surface area (Å²) in [7, 11) is 0. The number of hydrogen-bond acceptors (Lipinski definition) is 3. The zero-order chi connectivity index (χ0) is 15.8. The van der Waals surface area contributed by atoms with Crippen molar-refractivity contribution in [2.24, 2.45) is 5.92 Å². The molecule has 0 aliphatic carbocycles. The summed E-state index contributed by atoms with van der Waals surface area (Å²) in [6.07, 6.45) is -4.13. The number of nitrogen functional groups attached to an aromatic ring is 1. The van der Waals surface area contributed by atoms with Crippen LogP contribution in [-0.2, 0) is 12.6 Å². The van der Waals surface area contributed by atoms with Gasteiger partial charge in [0.05, 0.1) is 5.56 Å². The molecule has 0 fully saturated rings. The number of benzene rings is 1. The van der Waals surface area contributed by atoms with Crippen molar-refractivity contribution in [2.45, 2.75) is 26.4 Å². The molecule has 3 nitrogen and oxygen atoms in total. The highest BCUT2D eigenvalue weighted by molar-refractivity contribution is 5.68. The molecule has 21 heavy (non-hydrogen) atoms. The van der Waals surface area contributed by atoms with Gasteiger partial charge in [-0.25, -0.2) is 4.39 Å². The molecule has 0 unspecified atom stereocenters. The molecule has 2 N–H and O–H groups in total. The number of halogens is 4. The van der Waals surface area contributed by atoms with Crippen molar-refractivity contribution >= 4 is 5.88 Å². The van der Waals surface area contributed by atoms with Gasteiger partial charge < -0.3 is 10.3 Å². The molecule has 2 aromatic rings. The maximum atomic E-state index is 13.9. The number of nitrogens with two attached hydrogens (primary N) is 1. The van der Waals surface area contributed by atoms with E-state index < -0.39 is 17.6 Å². The number of hydrogen-bond donors (Lipinski definition) is 1. The Morgan fingerprint density at radius 3 is 2.52 bits per heavy atom. The number of aromatic nitrogens is 1. The molecular formula is C14H14F4N2O. The first-order valence-corrected chi connectivity index (χ1v) is 6.31. The second kappa shape index (κ2) is 5.38. The predicted octanol–water partition coefficient (Wildman–Crippen LogP) is 4.28. The Labute approximate surface area is 118 Å². The van der Waals surface area contributed by atoms with Crippen LogP contribution in [0.25, 0.3) is 11.3 Å². The van der Waals surface area contributed by atoms with Crippen molar-refractivity contribution in [3.05, 3.63) is 35.1 Å². The smallest absolute Gasteiger partial charge is 0.367 e. The molecule has 0 amide bonds. The molecule has 0 spiro atoms. The van der Waals surface area contributed by atoms with E-state index in [1.165, 1.54) is 0 Å². The first-order valence-electron chi connectivity index (χ1n) is 6.31. The van der Waals surface area contributed by atoms with Crippen LogP contribution in [0.5, 0.6) is 0 Å². The monoisotopic (exact) mass is 302 g/mol. The van der Waals surface area contributed by atoms with Gasteiger partial charge in [0.2, 0.25) is 5.88 Å². The van der Waals surface area contributed by atoms with Crippen LogP contribution in [0.2, 0.25) is 0 Å². The highest BCUT2D eigenvalue weighted by Gasteiger charge is 2.32. The summed E-state index contributed by atoms with van der Waals surface area (Å²) in [5, 5.41) is 3.62. The summed E-state index contributed by atoms with van der Waals surface area (Å²) in [6.45, 7) is 3.80. The van der Waals surface area contributed by atoms with Gasteiger partial charge in [-0.2, -0.15) is 13.2 Å². The zero-order valence-electron chi connectivity index (χ0n) is 11.5. The predicted molar refractivity (Wildman–Crippen MR) is 69.9 cm³/mol. The third kappa shape index (κ3) is 3.17. The Morgan fingerprint density at radius 1 is 1.29 bits per heavy atom. The van der Waals surface area contributed by atoms with E-state index in [0.29, 0.717) is 18.1 Å².